The second kappa shape index (κ2) is 5.41. The van der Waals surface area contributed by atoms with Gasteiger partial charge in [0, 0.05) is 17.6 Å². The van der Waals surface area contributed by atoms with Gasteiger partial charge in [-0.1, -0.05) is 18.5 Å². The molecule has 0 saturated carbocycles. The van der Waals surface area contributed by atoms with Crippen molar-refractivity contribution >= 4 is 34.1 Å². The highest BCUT2D eigenvalue weighted by atomic mass is 35.5. The van der Waals surface area contributed by atoms with E-state index in [9.17, 15) is 4.39 Å². The fourth-order valence-electron chi connectivity index (χ4n) is 2.43. The third-order valence-electron chi connectivity index (χ3n) is 3.50. The molecule has 0 spiro atoms. The molecule has 0 radical (unpaired) electrons. The van der Waals surface area contributed by atoms with Gasteiger partial charge >= 0.3 is 0 Å². The molecule has 4 nitrogen and oxygen atoms in total. The summed E-state index contributed by atoms with van der Waals surface area (Å²) >= 11 is 5.82. The summed E-state index contributed by atoms with van der Waals surface area (Å²) in [4.78, 5) is 4.28. The molecule has 3 rings (SSSR count). The molecule has 3 N–H and O–H groups in total. The number of nitrogen functional groups attached to an aromatic ring is 1. The molecule has 2 heterocycles. The predicted octanol–water partition coefficient (Wildman–Crippen LogP) is 4.13. The van der Waals surface area contributed by atoms with Crippen LogP contribution in [0.25, 0.3) is 11.0 Å². The molecular formula is C15H15ClFN3O. The maximum absolute atomic E-state index is 13.2. The molecule has 0 fully saturated rings. The van der Waals surface area contributed by atoms with Crippen LogP contribution in [0.2, 0.25) is 0 Å². The Bertz CT molecular complexity index is 751. The Morgan fingerprint density at radius 1 is 1.57 bits per heavy atom. The van der Waals surface area contributed by atoms with Crippen molar-refractivity contribution in [3.63, 3.8) is 0 Å². The van der Waals surface area contributed by atoms with Crippen molar-refractivity contribution in [1.29, 1.82) is 0 Å². The van der Waals surface area contributed by atoms with E-state index in [1.807, 2.05) is 13.0 Å². The van der Waals surface area contributed by atoms with Gasteiger partial charge in [0.25, 0.3) is 0 Å². The number of fused-ring (bicyclic) bond motifs is 1. The fourth-order valence-corrected chi connectivity index (χ4v) is 2.66. The average Bonchev–Trinajstić information content (AvgIpc) is 2.79. The first-order valence-corrected chi connectivity index (χ1v) is 7.13. The van der Waals surface area contributed by atoms with Gasteiger partial charge in [0.2, 0.25) is 5.88 Å². The number of pyridine rings is 1. The minimum Gasteiger partial charge on any atom is -0.437 e. The van der Waals surface area contributed by atoms with E-state index in [1.54, 1.807) is 12.3 Å². The Morgan fingerprint density at radius 2 is 2.38 bits per heavy atom. The van der Waals surface area contributed by atoms with Crippen LogP contribution in [0.1, 0.15) is 19.0 Å². The molecule has 0 aromatic carbocycles. The van der Waals surface area contributed by atoms with Crippen LogP contribution in [0, 0.1) is 0 Å². The van der Waals surface area contributed by atoms with E-state index in [1.165, 1.54) is 6.08 Å². The van der Waals surface area contributed by atoms with Crippen molar-refractivity contribution in [2.45, 2.75) is 25.8 Å². The molecule has 0 amide bonds. The molecular weight excluding hydrogens is 293 g/mol. The van der Waals surface area contributed by atoms with Crippen molar-refractivity contribution in [3.8, 4) is 0 Å². The van der Waals surface area contributed by atoms with E-state index in [4.69, 9.17) is 21.8 Å². The first-order chi connectivity index (χ1) is 10.1. The smallest absolute Gasteiger partial charge is 0.215 e. The lowest BCUT2D eigenvalue weighted by molar-refractivity contribution is 0.628. The summed E-state index contributed by atoms with van der Waals surface area (Å²) in [7, 11) is 0. The molecule has 6 heteroatoms. The van der Waals surface area contributed by atoms with Gasteiger partial charge in [0.05, 0.1) is 10.7 Å². The van der Waals surface area contributed by atoms with Crippen LogP contribution in [0.15, 0.2) is 39.7 Å². The zero-order valence-electron chi connectivity index (χ0n) is 11.5. The van der Waals surface area contributed by atoms with Gasteiger partial charge in [0.1, 0.15) is 11.5 Å². The second-order valence-electron chi connectivity index (χ2n) is 4.88. The third kappa shape index (κ3) is 2.49. The van der Waals surface area contributed by atoms with Crippen molar-refractivity contribution in [3.05, 3.63) is 41.0 Å². The maximum atomic E-state index is 13.2. The number of hydrogen-bond acceptors (Lipinski definition) is 4. The van der Waals surface area contributed by atoms with E-state index in [2.05, 4.69) is 10.3 Å². The number of anilines is 2. The molecule has 2 aromatic heterocycles. The van der Waals surface area contributed by atoms with E-state index in [0.29, 0.717) is 23.6 Å². The van der Waals surface area contributed by atoms with Crippen molar-refractivity contribution in [1.82, 2.24) is 4.98 Å². The zero-order chi connectivity index (χ0) is 15.0. The number of nitrogens with zero attached hydrogens (tertiary/aromatic N) is 1. The summed E-state index contributed by atoms with van der Waals surface area (Å²) in [5.74, 6) is -0.0931. The van der Waals surface area contributed by atoms with Crippen LogP contribution in [-0.2, 0) is 6.42 Å². The lowest BCUT2D eigenvalue weighted by Crippen LogP contribution is -2.19. The van der Waals surface area contributed by atoms with Gasteiger partial charge in [-0.05, 0) is 31.1 Å². The van der Waals surface area contributed by atoms with Gasteiger partial charge in [0.15, 0.2) is 5.58 Å². The summed E-state index contributed by atoms with van der Waals surface area (Å²) in [6.45, 7) is 2.00. The molecule has 110 valence electrons. The Morgan fingerprint density at radius 3 is 3.10 bits per heavy atom. The first kappa shape index (κ1) is 13.9. The number of hydrogen-bond donors (Lipinski definition) is 2. The molecule has 0 saturated heterocycles. The fraction of sp³-hybridized carbons (Fsp3) is 0.267. The predicted molar refractivity (Wildman–Crippen MR) is 83.0 cm³/mol. The van der Waals surface area contributed by atoms with E-state index < -0.39 is 5.83 Å². The van der Waals surface area contributed by atoms with Gasteiger partial charge in [-0.2, -0.15) is 0 Å². The Labute approximate surface area is 126 Å². The van der Waals surface area contributed by atoms with E-state index in [0.717, 1.165) is 17.5 Å². The maximum Gasteiger partial charge on any atom is 0.215 e. The molecule has 1 aliphatic carbocycles. The lowest BCUT2D eigenvalue weighted by atomic mass is 10.1. The number of aryl methyl sites for hydroxylation is 1. The van der Waals surface area contributed by atoms with Crippen LogP contribution in [0.4, 0.5) is 16.0 Å². The molecule has 1 unspecified atom stereocenters. The Kier molecular flexibility index (Phi) is 3.59. The van der Waals surface area contributed by atoms with Gasteiger partial charge < -0.3 is 15.5 Å². The summed E-state index contributed by atoms with van der Waals surface area (Å²) < 4.78 is 18.9. The van der Waals surface area contributed by atoms with Crippen LogP contribution in [0.3, 0.4) is 0 Å². The van der Waals surface area contributed by atoms with Gasteiger partial charge in [-0.25, -0.2) is 4.39 Å². The molecule has 1 atom stereocenters. The molecule has 0 bridgehead atoms. The quantitative estimate of drug-likeness (QED) is 0.894. The molecule has 0 aliphatic heterocycles. The minimum absolute atomic E-state index is 0.112. The number of furan rings is 1. The monoisotopic (exact) mass is 307 g/mol. The Balaban J connectivity index is 1.97. The highest BCUT2D eigenvalue weighted by Gasteiger charge is 2.19. The van der Waals surface area contributed by atoms with Crippen molar-refractivity contribution in [2.24, 2.45) is 0 Å². The minimum atomic E-state index is -0.391. The van der Waals surface area contributed by atoms with Crippen molar-refractivity contribution in [2.75, 3.05) is 11.1 Å². The van der Waals surface area contributed by atoms with Gasteiger partial charge in [-0.3, -0.25) is 4.98 Å². The summed E-state index contributed by atoms with van der Waals surface area (Å²) in [6.07, 6.45) is 6.08. The molecule has 2 aromatic rings. The third-order valence-corrected chi connectivity index (χ3v) is 3.80. The summed E-state index contributed by atoms with van der Waals surface area (Å²) in [6, 6.07) is 1.72. The number of allylic oxidation sites excluding steroid dienone is 2. The standard InChI is InChI=1S/C15H15ClFN3O/c1-2-12-14-9(5-6-19-12)13(15(18)21-14)20-8-3-4-11(17)10(16)7-8/h4-8,20H,2-3,18H2,1H3. The van der Waals surface area contributed by atoms with Crippen molar-refractivity contribution < 1.29 is 8.81 Å². The number of nitrogens with one attached hydrogen (secondary N) is 1. The highest BCUT2D eigenvalue weighted by molar-refractivity contribution is 6.31. The highest BCUT2D eigenvalue weighted by Crippen LogP contribution is 2.36. The van der Waals surface area contributed by atoms with Crippen LogP contribution in [0.5, 0.6) is 0 Å². The zero-order valence-corrected chi connectivity index (χ0v) is 12.2. The van der Waals surface area contributed by atoms with Crippen LogP contribution in [-0.4, -0.2) is 11.0 Å². The second-order valence-corrected chi connectivity index (χ2v) is 5.29. The largest absolute Gasteiger partial charge is 0.437 e. The summed E-state index contributed by atoms with van der Waals surface area (Å²) in [5, 5.41) is 4.24. The topological polar surface area (TPSA) is 64.1 Å². The number of nitrogens with two attached hydrogens (primary N) is 1. The van der Waals surface area contributed by atoms with Crippen LogP contribution >= 0.6 is 11.6 Å². The SMILES string of the molecule is CCc1nccc2c(NC3C=C(Cl)C(F)=CC3)c(N)oc12. The Hall–Kier alpha value is -2.01. The van der Waals surface area contributed by atoms with E-state index >= 15 is 0 Å². The number of halogens is 2. The normalized spacial score (nSPS) is 18.5. The summed E-state index contributed by atoms with van der Waals surface area (Å²) in [5.41, 5.74) is 8.20. The number of aromatic nitrogens is 1. The molecule has 1 aliphatic rings. The van der Waals surface area contributed by atoms with Crippen LogP contribution < -0.4 is 11.1 Å². The number of rotatable bonds is 3. The van der Waals surface area contributed by atoms with E-state index in [-0.39, 0.29) is 11.1 Å². The lowest BCUT2D eigenvalue weighted by Gasteiger charge is -2.18. The molecule has 21 heavy (non-hydrogen) atoms. The average molecular weight is 308 g/mol. The first-order valence-electron chi connectivity index (χ1n) is 6.76. The van der Waals surface area contributed by atoms with Gasteiger partial charge in [-0.15, -0.1) is 0 Å².